The lowest BCUT2D eigenvalue weighted by molar-refractivity contribution is -0.147. The number of hydrogen-bond donors (Lipinski definition) is 0. The molecule has 0 aromatic heterocycles. The van der Waals surface area contributed by atoms with Gasteiger partial charge in [0.05, 0.1) is 0 Å². The number of benzene rings is 1. The highest BCUT2D eigenvalue weighted by atomic mass is 16.5. The predicted octanol–water partition coefficient (Wildman–Crippen LogP) is 2.77. The van der Waals surface area contributed by atoms with Crippen LogP contribution in [0.5, 0.6) is 0 Å². The van der Waals surface area contributed by atoms with Gasteiger partial charge in [-0.05, 0) is 25.3 Å². The van der Waals surface area contributed by atoms with Crippen molar-refractivity contribution in [1.29, 1.82) is 0 Å². The van der Waals surface area contributed by atoms with E-state index in [1.165, 1.54) is 0 Å². The maximum absolute atomic E-state index is 12.4. The van der Waals surface area contributed by atoms with Gasteiger partial charge in [0.15, 0.2) is 5.60 Å². The van der Waals surface area contributed by atoms with Crippen LogP contribution in [-0.4, -0.2) is 17.2 Å². The topological polar surface area (TPSA) is 43.4 Å². The summed E-state index contributed by atoms with van der Waals surface area (Å²) in [5.74, 6) is -0.709. The summed E-state index contributed by atoms with van der Waals surface area (Å²) >= 11 is 0. The Bertz CT molecular complexity index is 514. The molecule has 1 aromatic rings. The predicted molar refractivity (Wildman–Crippen MR) is 70.7 cm³/mol. The van der Waals surface area contributed by atoms with Gasteiger partial charge in [-0.2, -0.15) is 0 Å². The molecule has 0 radical (unpaired) electrons. The smallest absolute Gasteiger partial charge is 0.237 e. The minimum atomic E-state index is -1.10. The highest BCUT2D eigenvalue weighted by molar-refractivity contribution is 6.44. The van der Waals surface area contributed by atoms with Gasteiger partial charge in [-0.15, -0.1) is 0 Å². The van der Waals surface area contributed by atoms with Gasteiger partial charge in [0.2, 0.25) is 11.6 Å². The monoisotopic (exact) mass is 258 g/mol. The summed E-state index contributed by atoms with van der Waals surface area (Å²) in [5.41, 5.74) is -1.17. The second-order valence-corrected chi connectivity index (χ2v) is 5.71. The van der Waals surface area contributed by atoms with Crippen molar-refractivity contribution in [3.63, 3.8) is 0 Å². The first kappa shape index (κ1) is 12.5. The standard InChI is InChI=1S/C16H18O3/c1-15(12-8-4-2-5-9-12)13(17)14(18)16(19-15)10-6-3-7-11-16/h2,4-5,8-9H,3,6-7,10-11H2,1H3/t15-/m0/s1. The zero-order chi connectivity index (χ0) is 13.5. The number of ether oxygens (including phenoxy) is 1. The summed E-state index contributed by atoms with van der Waals surface area (Å²) in [5, 5.41) is 0. The van der Waals surface area contributed by atoms with Gasteiger partial charge < -0.3 is 4.74 Å². The average Bonchev–Trinajstić information content (AvgIpc) is 2.64. The third-order valence-electron chi connectivity index (χ3n) is 4.44. The fourth-order valence-electron chi connectivity index (χ4n) is 3.31. The lowest BCUT2D eigenvalue weighted by atomic mass is 9.81. The molecule has 19 heavy (non-hydrogen) atoms. The number of hydrogen-bond acceptors (Lipinski definition) is 3. The summed E-state index contributed by atoms with van der Waals surface area (Å²) in [4.78, 5) is 24.8. The van der Waals surface area contributed by atoms with Crippen LogP contribution in [0.25, 0.3) is 0 Å². The Labute approximate surface area is 113 Å². The number of ketones is 2. The van der Waals surface area contributed by atoms with E-state index in [0.29, 0.717) is 12.8 Å². The molecule has 1 aliphatic heterocycles. The lowest BCUT2D eigenvalue weighted by Gasteiger charge is -2.33. The highest BCUT2D eigenvalue weighted by Gasteiger charge is 2.60. The Balaban J connectivity index is 2.01. The van der Waals surface area contributed by atoms with Gasteiger partial charge in [0.1, 0.15) is 5.60 Å². The van der Waals surface area contributed by atoms with E-state index in [2.05, 4.69) is 0 Å². The van der Waals surface area contributed by atoms with Crippen LogP contribution in [0, 0.1) is 0 Å². The van der Waals surface area contributed by atoms with Gasteiger partial charge >= 0.3 is 0 Å². The van der Waals surface area contributed by atoms with Crippen LogP contribution in [0.2, 0.25) is 0 Å². The first-order valence-corrected chi connectivity index (χ1v) is 6.93. The Morgan fingerprint density at radius 3 is 2.21 bits per heavy atom. The van der Waals surface area contributed by atoms with Crippen LogP contribution >= 0.6 is 0 Å². The van der Waals surface area contributed by atoms with Crippen LogP contribution in [0.4, 0.5) is 0 Å². The molecule has 2 fully saturated rings. The molecule has 2 aliphatic rings. The number of Topliss-reactive ketones (excluding diaryl/α,β-unsaturated/α-hetero) is 2. The second kappa shape index (κ2) is 4.27. The SMILES string of the molecule is C[C@@]1(c2ccccc2)OC2(CCCCC2)C(=O)C1=O. The molecular weight excluding hydrogens is 240 g/mol. The second-order valence-electron chi connectivity index (χ2n) is 5.71. The van der Waals surface area contributed by atoms with E-state index in [4.69, 9.17) is 4.74 Å². The molecule has 1 saturated carbocycles. The van der Waals surface area contributed by atoms with E-state index in [1.54, 1.807) is 6.92 Å². The van der Waals surface area contributed by atoms with E-state index >= 15 is 0 Å². The lowest BCUT2D eigenvalue weighted by Crippen LogP contribution is -2.39. The minimum Gasteiger partial charge on any atom is -0.347 e. The normalized spacial score (nSPS) is 29.9. The fraction of sp³-hybridized carbons (Fsp3) is 0.500. The molecule has 3 nitrogen and oxygen atoms in total. The molecule has 0 amide bonds. The molecule has 0 bridgehead atoms. The van der Waals surface area contributed by atoms with Crippen molar-refractivity contribution >= 4 is 11.6 Å². The Hall–Kier alpha value is -1.48. The summed E-state index contributed by atoms with van der Waals surface area (Å²) < 4.78 is 6.09. The van der Waals surface area contributed by atoms with Gasteiger partial charge in [0, 0.05) is 0 Å². The third-order valence-corrected chi connectivity index (χ3v) is 4.44. The molecule has 1 atom stereocenters. The summed E-state index contributed by atoms with van der Waals surface area (Å²) in [7, 11) is 0. The number of carbonyl (C=O) groups is 2. The van der Waals surface area contributed by atoms with Crippen molar-refractivity contribution in [3.05, 3.63) is 35.9 Å². The van der Waals surface area contributed by atoms with Crippen molar-refractivity contribution in [3.8, 4) is 0 Å². The quantitative estimate of drug-likeness (QED) is 0.727. The number of carbonyl (C=O) groups excluding carboxylic acids is 2. The molecule has 0 unspecified atom stereocenters. The first-order chi connectivity index (χ1) is 9.08. The molecular formula is C16H18O3. The van der Waals surface area contributed by atoms with Gasteiger partial charge in [-0.3, -0.25) is 9.59 Å². The third kappa shape index (κ3) is 1.76. The zero-order valence-corrected chi connectivity index (χ0v) is 11.1. The van der Waals surface area contributed by atoms with Crippen molar-refractivity contribution in [1.82, 2.24) is 0 Å². The Morgan fingerprint density at radius 2 is 1.58 bits per heavy atom. The fourth-order valence-corrected chi connectivity index (χ4v) is 3.31. The van der Waals surface area contributed by atoms with Crippen LogP contribution in [0.15, 0.2) is 30.3 Å². The van der Waals surface area contributed by atoms with E-state index in [0.717, 1.165) is 24.8 Å². The molecule has 1 saturated heterocycles. The molecule has 3 rings (SSSR count). The Kier molecular flexibility index (Phi) is 2.82. The van der Waals surface area contributed by atoms with Crippen molar-refractivity contribution in [2.24, 2.45) is 0 Å². The van der Waals surface area contributed by atoms with E-state index in [9.17, 15) is 9.59 Å². The van der Waals surface area contributed by atoms with Gasteiger partial charge in [-0.1, -0.05) is 49.6 Å². The largest absolute Gasteiger partial charge is 0.347 e. The van der Waals surface area contributed by atoms with Crippen LogP contribution < -0.4 is 0 Å². The van der Waals surface area contributed by atoms with Crippen molar-refractivity contribution < 1.29 is 14.3 Å². The molecule has 100 valence electrons. The van der Waals surface area contributed by atoms with Crippen molar-refractivity contribution in [2.75, 3.05) is 0 Å². The van der Waals surface area contributed by atoms with Crippen LogP contribution in [-0.2, 0) is 19.9 Å². The van der Waals surface area contributed by atoms with Crippen LogP contribution in [0.3, 0.4) is 0 Å². The zero-order valence-electron chi connectivity index (χ0n) is 11.1. The average molecular weight is 258 g/mol. The molecule has 1 aliphatic carbocycles. The van der Waals surface area contributed by atoms with E-state index < -0.39 is 11.2 Å². The maximum Gasteiger partial charge on any atom is 0.237 e. The first-order valence-electron chi connectivity index (χ1n) is 6.93. The summed E-state index contributed by atoms with van der Waals surface area (Å²) in [6.07, 6.45) is 4.41. The molecule has 3 heteroatoms. The summed E-state index contributed by atoms with van der Waals surface area (Å²) in [6.45, 7) is 1.73. The molecule has 1 heterocycles. The summed E-state index contributed by atoms with van der Waals surface area (Å²) in [6, 6.07) is 9.34. The number of rotatable bonds is 1. The van der Waals surface area contributed by atoms with Gasteiger partial charge in [0.25, 0.3) is 0 Å². The Morgan fingerprint density at radius 1 is 0.947 bits per heavy atom. The highest BCUT2D eigenvalue weighted by Crippen LogP contribution is 2.46. The van der Waals surface area contributed by atoms with E-state index in [1.807, 2.05) is 30.3 Å². The van der Waals surface area contributed by atoms with E-state index in [-0.39, 0.29) is 11.6 Å². The maximum atomic E-state index is 12.4. The van der Waals surface area contributed by atoms with Gasteiger partial charge in [-0.25, -0.2) is 0 Å². The van der Waals surface area contributed by atoms with Crippen molar-refractivity contribution in [2.45, 2.75) is 50.2 Å². The minimum absolute atomic E-state index is 0.321. The molecule has 1 spiro atoms. The van der Waals surface area contributed by atoms with Crippen LogP contribution in [0.1, 0.15) is 44.6 Å². The molecule has 0 N–H and O–H groups in total. The molecule has 1 aromatic carbocycles.